The molecule has 1 aromatic carbocycles. The van der Waals surface area contributed by atoms with Crippen LogP contribution in [0.3, 0.4) is 0 Å². The summed E-state index contributed by atoms with van der Waals surface area (Å²) in [4.78, 5) is 4.34. The number of aliphatic hydroxyl groups is 1. The third-order valence-corrected chi connectivity index (χ3v) is 8.72. The topological polar surface area (TPSA) is 67.5 Å². The Kier molecular flexibility index (Phi) is 9.37. The number of aryl methyl sites for hydroxylation is 1. The number of benzene rings is 1. The summed E-state index contributed by atoms with van der Waals surface area (Å²) in [6.45, 7) is 3.90. The zero-order valence-electron chi connectivity index (χ0n) is 19.7. The van der Waals surface area contributed by atoms with Crippen molar-refractivity contribution in [2.24, 2.45) is 23.2 Å². The van der Waals surface area contributed by atoms with Crippen molar-refractivity contribution in [1.82, 2.24) is 4.98 Å². The molecule has 2 fully saturated rings. The molecular weight excluding hydrogens is 650 g/mol. The van der Waals surface area contributed by atoms with Crippen molar-refractivity contribution in [1.29, 1.82) is 0 Å². The molecule has 1 aromatic heterocycles. The van der Waals surface area contributed by atoms with Gasteiger partial charge in [0, 0.05) is 11.9 Å². The van der Waals surface area contributed by atoms with Gasteiger partial charge in [-0.2, -0.15) is 0 Å². The van der Waals surface area contributed by atoms with E-state index in [0.29, 0.717) is 36.0 Å². The van der Waals surface area contributed by atoms with Gasteiger partial charge in [0.2, 0.25) is 0 Å². The van der Waals surface area contributed by atoms with E-state index >= 15 is 0 Å². The van der Waals surface area contributed by atoms with Crippen molar-refractivity contribution in [3.05, 3.63) is 64.7 Å². The zero-order chi connectivity index (χ0) is 24.1. The van der Waals surface area contributed by atoms with Crippen LogP contribution < -0.4 is 0 Å². The van der Waals surface area contributed by atoms with Crippen molar-refractivity contribution in [3.8, 4) is 5.75 Å². The molecule has 1 heterocycles. The fourth-order valence-electron chi connectivity index (χ4n) is 7.15. The predicted molar refractivity (Wildman–Crippen MR) is 135 cm³/mol. The Morgan fingerprint density at radius 1 is 1.21 bits per heavy atom. The van der Waals surface area contributed by atoms with Crippen molar-refractivity contribution >= 4 is 18.8 Å². The van der Waals surface area contributed by atoms with Crippen molar-refractivity contribution in [2.75, 3.05) is 6.54 Å². The van der Waals surface area contributed by atoms with Crippen LogP contribution in [0.5, 0.6) is 5.75 Å². The molecule has 3 unspecified atom stereocenters. The number of aromatic hydroxyl groups is 1. The Labute approximate surface area is 220 Å². The second-order valence-corrected chi connectivity index (χ2v) is 13.7. The first-order valence-electron chi connectivity index (χ1n) is 12.3. The Balaban J connectivity index is 0.000000868. The SMILES string of the molecule is C[C@]12CCC3c4ccc(O)cc4CCC3C1C[C@H](CCC[N-]Cc1ccccn1)[C@@H]2O.[Cl][Pt][Cl]. The van der Waals surface area contributed by atoms with Crippen molar-refractivity contribution in [2.45, 2.75) is 70.4 Å². The molecule has 0 radical (unpaired) electrons. The van der Waals surface area contributed by atoms with Gasteiger partial charge < -0.3 is 15.5 Å². The van der Waals surface area contributed by atoms with Crippen molar-refractivity contribution < 1.29 is 26.7 Å². The van der Waals surface area contributed by atoms with Crippen LogP contribution in [0.2, 0.25) is 0 Å². The summed E-state index contributed by atoms with van der Waals surface area (Å²) in [5.41, 5.74) is 3.89. The Morgan fingerprint density at radius 3 is 2.79 bits per heavy atom. The molecule has 4 nitrogen and oxygen atoms in total. The maximum atomic E-state index is 11.3. The third-order valence-electron chi connectivity index (χ3n) is 8.72. The van der Waals surface area contributed by atoms with Crippen LogP contribution in [0, 0.1) is 23.2 Å². The summed E-state index contributed by atoms with van der Waals surface area (Å²) in [6, 6.07) is 12.0. The molecule has 3 aliphatic carbocycles. The molecule has 2 N–H and O–H groups in total. The van der Waals surface area contributed by atoms with Gasteiger partial charge in [0.15, 0.2) is 0 Å². The Hall–Kier alpha value is -0.642. The second-order valence-electron chi connectivity index (χ2n) is 10.4. The molecule has 0 aliphatic heterocycles. The molecular formula is C27H35Cl2N2O2Pt-. The zero-order valence-corrected chi connectivity index (χ0v) is 23.4. The number of rotatable bonds is 6. The van der Waals surface area contributed by atoms with Crippen LogP contribution in [0.25, 0.3) is 5.32 Å². The van der Waals surface area contributed by atoms with E-state index in [4.69, 9.17) is 18.8 Å². The van der Waals surface area contributed by atoms with E-state index in [9.17, 15) is 10.2 Å². The van der Waals surface area contributed by atoms with Gasteiger partial charge in [-0.25, -0.2) is 0 Å². The summed E-state index contributed by atoms with van der Waals surface area (Å²) in [7, 11) is 9.75. The molecule has 0 spiro atoms. The summed E-state index contributed by atoms with van der Waals surface area (Å²) >= 11 is -0.472. The number of hydrogen-bond acceptors (Lipinski definition) is 3. The monoisotopic (exact) mass is 684 g/mol. The van der Waals surface area contributed by atoms with E-state index in [-0.39, 0.29) is 11.5 Å². The van der Waals surface area contributed by atoms with Crippen LogP contribution in [0.15, 0.2) is 42.6 Å². The minimum atomic E-state index is -0.472. The second kappa shape index (κ2) is 12.1. The number of aromatic nitrogens is 1. The number of aliphatic hydroxyl groups excluding tert-OH is 1. The number of pyridine rings is 1. The first-order valence-corrected chi connectivity index (χ1v) is 18.0. The maximum absolute atomic E-state index is 11.3. The van der Waals surface area contributed by atoms with Gasteiger partial charge in [0.05, 0.1) is 6.10 Å². The normalized spacial score (nSPS) is 31.7. The summed E-state index contributed by atoms with van der Waals surface area (Å²) in [5.74, 6) is 2.67. The Bertz CT molecular complexity index is 934. The van der Waals surface area contributed by atoms with Crippen molar-refractivity contribution in [3.63, 3.8) is 0 Å². The molecule has 7 heteroatoms. The number of fused-ring (bicyclic) bond motifs is 5. The number of nitrogens with zero attached hydrogens (tertiary/aromatic N) is 2. The fourth-order valence-corrected chi connectivity index (χ4v) is 7.15. The number of hydrogen-bond donors (Lipinski definition) is 2. The average Bonchev–Trinajstić information content (AvgIpc) is 3.10. The van der Waals surface area contributed by atoms with E-state index in [2.05, 4.69) is 23.3 Å². The third kappa shape index (κ3) is 5.68. The first-order chi connectivity index (χ1) is 16.5. The average molecular weight is 686 g/mol. The number of phenols is 1. The van der Waals surface area contributed by atoms with Crippen LogP contribution in [0.4, 0.5) is 0 Å². The van der Waals surface area contributed by atoms with Gasteiger partial charge in [-0.1, -0.05) is 25.5 Å². The molecule has 0 saturated heterocycles. The number of phenolic OH excluding ortho intramolecular Hbond substituents is 1. The molecule has 0 bridgehead atoms. The van der Waals surface area contributed by atoms with Gasteiger partial charge in [-0.05, 0) is 103 Å². The first kappa shape index (κ1) is 26.4. The molecule has 3 aliphatic rings. The van der Waals surface area contributed by atoms with Gasteiger partial charge in [0.1, 0.15) is 5.75 Å². The van der Waals surface area contributed by atoms with Crippen LogP contribution in [-0.2, 0) is 29.4 Å². The van der Waals surface area contributed by atoms with Gasteiger partial charge in [-0.3, -0.25) is 4.98 Å². The summed E-state index contributed by atoms with van der Waals surface area (Å²) < 4.78 is 0. The summed E-state index contributed by atoms with van der Waals surface area (Å²) in [6.07, 6.45) is 9.45. The summed E-state index contributed by atoms with van der Waals surface area (Å²) in [5, 5.41) is 25.9. The molecule has 2 aromatic rings. The predicted octanol–water partition coefficient (Wildman–Crippen LogP) is 6.96. The van der Waals surface area contributed by atoms with E-state index in [1.54, 1.807) is 0 Å². The fraction of sp³-hybridized carbons (Fsp3) is 0.593. The van der Waals surface area contributed by atoms with E-state index in [1.165, 1.54) is 24.0 Å². The standard InChI is InChI=1S/C27H35N2O2.2ClH.Pt/c1-27-12-11-23-22-10-8-21(30)15-18(22)7-9-24(23)25(27)16-19(26(27)31)5-4-13-28-17-20-6-2-3-14-29-20;;;/h2-3,6,8,10,14-15,19,23-26,30-31H,4-5,7,9,11-13,16-17H2,1H3;2*1H;/q-1;;;+2/p-2/t19-,23?,24?,25?,26-,27-;;;/m0.../s1. The van der Waals surface area contributed by atoms with Crippen LogP contribution in [0.1, 0.15) is 68.2 Å². The minimum absolute atomic E-state index is 0.0609. The van der Waals surface area contributed by atoms with E-state index in [0.717, 1.165) is 44.3 Å². The molecule has 0 amide bonds. The van der Waals surface area contributed by atoms with Gasteiger partial charge in [0.25, 0.3) is 0 Å². The molecule has 34 heavy (non-hydrogen) atoms. The quantitative estimate of drug-likeness (QED) is 0.324. The Morgan fingerprint density at radius 2 is 2.03 bits per heavy atom. The molecule has 5 rings (SSSR count). The van der Waals surface area contributed by atoms with E-state index in [1.807, 2.05) is 36.5 Å². The van der Waals surface area contributed by atoms with Gasteiger partial charge >= 0.3 is 35.3 Å². The van der Waals surface area contributed by atoms with E-state index < -0.39 is 16.5 Å². The van der Waals surface area contributed by atoms with Crippen LogP contribution in [-0.4, -0.2) is 27.8 Å². The molecule has 190 valence electrons. The van der Waals surface area contributed by atoms with Crippen LogP contribution >= 0.6 is 18.8 Å². The number of halogens is 2. The molecule has 6 atom stereocenters. The van der Waals surface area contributed by atoms with Gasteiger partial charge in [-0.15, -0.1) is 13.1 Å². The molecule has 2 saturated carbocycles.